The molecule has 0 fully saturated rings. The molecule has 69 heavy (non-hydrogen) atoms. The van der Waals surface area contributed by atoms with Crippen molar-refractivity contribution in [1.29, 1.82) is 0 Å². The molecule has 0 radical (unpaired) electrons. The third-order valence-corrected chi connectivity index (χ3v) is 14.2. The number of rotatable bonds is 8. The molecule has 4 heteroatoms. The first-order valence-electron chi connectivity index (χ1n) is 24.0. The van der Waals surface area contributed by atoms with Gasteiger partial charge in [0.25, 0.3) is 0 Å². The van der Waals surface area contributed by atoms with Crippen molar-refractivity contribution in [2.24, 2.45) is 0 Å². The van der Waals surface area contributed by atoms with E-state index >= 15 is 0 Å². The van der Waals surface area contributed by atoms with Gasteiger partial charge in [0.05, 0.1) is 5.52 Å². The molecule has 0 bridgehead atoms. The van der Waals surface area contributed by atoms with Crippen molar-refractivity contribution in [2.45, 2.75) is 25.2 Å². The van der Waals surface area contributed by atoms with E-state index in [0.29, 0.717) is 17.5 Å². The Hall–Kier alpha value is -8.73. The zero-order valence-electron chi connectivity index (χ0n) is 38.0. The minimum absolute atomic E-state index is 0.276. The molecule has 0 amide bonds. The number of para-hydroxylation sites is 1. The van der Waals surface area contributed by atoms with Crippen molar-refractivity contribution in [3.8, 4) is 73.2 Å². The number of nitrogens with zero attached hydrogens (tertiary/aromatic N) is 4. The molecule has 1 unspecified atom stereocenters. The number of fused-ring (bicyclic) bond motifs is 6. The Morgan fingerprint density at radius 3 is 1.71 bits per heavy atom. The molecule has 2 aromatic heterocycles. The number of aromatic nitrogens is 4. The van der Waals surface area contributed by atoms with Crippen molar-refractivity contribution < 1.29 is 0 Å². The molecule has 4 nitrogen and oxygen atoms in total. The van der Waals surface area contributed by atoms with Gasteiger partial charge in [-0.05, 0) is 117 Å². The van der Waals surface area contributed by atoms with Gasteiger partial charge in [-0.25, -0.2) is 15.0 Å². The molecule has 11 aromatic rings. The Morgan fingerprint density at radius 2 is 0.957 bits per heavy atom. The summed E-state index contributed by atoms with van der Waals surface area (Å²) in [5, 5.41) is 1.26. The van der Waals surface area contributed by atoms with Crippen LogP contribution >= 0.6 is 0 Å². The quantitative estimate of drug-likeness (QED) is 0.153. The monoisotopic (exact) mass is 882 g/mol. The molecular formula is C65H46N4. The average Bonchev–Trinajstić information content (AvgIpc) is 3.77. The van der Waals surface area contributed by atoms with E-state index in [-0.39, 0.29) is 5.92 Å². The Balaban J connectivity index is 0.832. The normalized spacial score (nSPS) is 13.9. The fraction of sp³-hybridized carbons (Fsp3) is 0.0615. The Kier molecular flexibility index (Phi) is 10.1. The highest BCUT2D eigenvalue weighted by atomic mass is 15.0. The number of benzene rings is 9. The third-order valence-electron chi connectivity index (χ3n) is 14.2. The molecule has 0 spiro atoms. The van der Waals surface area contributed by atoms with Crippen LogP contribution in [0, 0.1) is 0 Å². The van der Waals surface area contributed by atoms with E-state index in [1.54, 1.807) is 0 Å². The maximum Gasteiger partial charge on any atom is 0.164 e. The van der Waals surface area contributed by atoms with Crippen LogP contribution in [-0.2, 0) is 12.8 Å². The van der Waals surface area contributed by atoms with E-state index in [9.17, 15) is 0 Å². The molecule has 9 aromatic carbocycles. The first-order valence-corrected chi connectivity index (χ1v) is 24.0. The highest BCUT2D eigenvalue weighted by Gasteiger charge is 2.27. The minimum Gasteiger partial charge on any atom is -0.313 e. The molecule has 0 aliphatic heterocycles. The molecule has 2 heterocycles. The summed E-state index contributed by atoms with van der Waals surface area (Å²) in [4.78, 5) is 15.0. The van der Waals surface area contributed by atoms with Crippen LogP contribution in [0.15, 0.2) is 231 Å². The lowest BCUT2D eigenvalue weighted by Gasteiger charge is -2.29. The summed E-state index contributed by atoms with van der Waals surface area (Å²) in [5.41, 5.74) is 22.2. The Morgan fingerprint density at radius 1 is 0.391 bits per heavy atom. The van der Waals surface area contributed by atoms with Gasteiger partial charge in [-0.2, -0.15) is 0 Å². The summed E-state index contributed by atoms with van der Waals surface area (Å²) in [6.45, 7) is 0. The second kappa shape index (κ2) is 17.2. The van der Waals surface area contributed by atoms with Crippen LogP contribution in [0.3, 0.4) is 0 Å². The fourth-order valence-electron chi connectivity index (χ4n) is 10.8. The summed E-state index contributed by atoms with van der Waals surface area (Å²) < 4.78 is 2.48. The lowest BCUT2D eigenvalue weighted by molar-refractivity contribution is 0.794. The van der Waals surface area contributed by atoms with Crippen LogP contribution in [0.25, 0.3) is 95.8 Å². The van der Waals surface area contributed by atoms with Gasteiger partial charge in [0.2, 0.25) is 0 Å². The summed E-state index contributed by atoms with van der Waals surface area (Å²) in [6, 6.07) is 83.1. The zero-order valence-corrected chi connectivity index (χ0v) is 38.0. The van der Waals surface area contributed by atoms with Gasteiger partial charge in [0, 0.05) is 44.9 Å². The van der Waals surface area contributed by atoms with Gasteiger partial charge >= 0.3 is 0 Å². The number of hydrogen-bond acceptors (Lipinski definition) is 3. The molecule has 0 saturated heterocycles. The highest BCUT2D eigenvalue weighted by molar-refractivity contribution is 5.99. The van der Waals surface area contributed by atoms with Crippen molar-refractivity contribution in [1.82, 2.24) is 19.5 Å². The van der Waals surface area contributed by atoms with Crippen LogP contribution in [-0.4, -0.2) is 19.5 Å². The molecule has 13 rings (SSSR count). The SMILES string of the molecule is C1=C(c2cccc(-c3nc(-c4ccccc4)nc(-c4ccccc4)n3)c2)CCc2c1c1ccccc1n2-c1ccc(-c2ccc3c(c2)-c2ccccc2CC3c2cccc(-c3ccccc3)c2)cc1. The second-order valence-corrected chi connectivity index (χ2v) is 18.3. The molecule has 326 valence electrons. The van der Waals surface area contributed by atoms with Crippen LogP contribution in [0.1, 0.15) is 45.8 Å². The molecule has 0 saturated carbocycles. The van der Waals surface area contributed by atoms with Gasteiger partial charge in [-0.15, -0.1) is 0 Å². The summed E-state index contributed by atoms with van der Waals surface area (Å²) in [5.74, 6) is 2.26. The van der Waals surface area contributed by atoms with Crippen LogP contribution in [0.4, 0.5) is 0 Å². The standard InChI is InChI=1S/C65H46N4/c1-4-16-43(17-5-1)47-23-14-25-51(38-47)58-42-52-22-10-11-27-55(52)59-40-49(32-36-56(58)59)44-30-34-54(35-31-44)69-61-29-13-12-28-57(61)60-41-50(33-37-62(60)69)48-24-15-26-53(39-48)65-67-63(45-18-6-2-7-19-45)66-64(68-65)46-20-8-3-9-21-46/h1-32,34-36,38-41,58H,33,37,42H2. The van der Waals surface area contributed by atoms with Gasteiger partial charge in [-0.3, -0.25) is 0 Å². The van der Waals surface area contributed by atoms with Crippen LogP contribution < -0.4 is 0 Å². The maximum absolute atomic E-state index is 5.03. The van der Waals surface area contributed by atoms with E-state index in [4.69, 9.17) is 15.0 Å². The lowest BCUT2D eigenvalue weighted by atomic mass is 9.74. The summed E-state index contributed by atoms with van der Waals surface area (Å²) >= 11 is 0. The first-order chi connectivity index (χ1) is 34.2. The first kappa shape index (κ1) is 40.5. The predicted octanol–water partition coefficient (Wildman–Crippen LogP) is 16.0. The average molecular weight is 883 g/mol. The summed E-state index contributed by atoms with van der Waals surface area (Å²) in [7, 11) is 0. The smallest absolute Gasteiger partial charge is 0.164 e. The van der Waals surface area contributed by atoms with Crippen LogP contribution in [0.5, 0.6) is 0 Å². The molecule has 0 N–H and O–H groups in total. The van der Waals surface area contributed by atoms with E-state index in [2.05, 4.69) is 205 Å². The largest absolute Gasteiger partial charge is 0.313 e. The van der Waals surface area contributed by atoms with Crippen molar-refractivity contribution in [3.63, 3.8) is 0 Å². The van der Waals surface area contributed by atoms with E-state index in [1.807, 2.05) is 36.4 Å². The van der Waals surface area contributed by atoms with Gasteiger partial charge in [0.1, 0.15) is 0 Å². The minimum atomic E-state index is 0.276. The Labute approximate surface area is 402 Å². The molecular weight excluding hydrogens is 837 g/mol. The van der Waals surface area contributed by atoms with Crippen molar-refractivity contribution >= 4 is 22.6 Å². The van der Waals surface area contributed by atoms with Gasteiger partial charge in [0.15, 0.2) is 17.5 Å². The highest BCUT2D eigenvalue weighted by Crippen LogP contribution is 2.45. The third kappa shape index (κ3) is 7.47. The number of hydrogen-bond donors (Lipinski definition) is 0. The molecule has 1 atom stereocenters. The summed E-state index contributed by atoms with van der Waals surface area (Å²) in [6.07, 6.45) is 5.24. The predicted molar refractivity (Wildman–Crippen MR) is 284 cm³/mol. The zero-order chi connectivity index (χ0) is 45.7. The maximum atomic E-state index is 5.03. The fourth-order valence-corrected chi connectivity index (χ4v) is 10.8. The lowest BCUT2D eigenvalue weighted by Crippen LogP contribution is -2.13. The Bertz CT molecular complexity index is 3680. The van der Waals surface area contributed by atoms with E-state index in [1.165, 1.54) is 89.1 Å². The van der Waals surface area contributed by atoms with E-state index < -0.39 is 0 Å². The molecule has 2 aliphatic carbocycles. The van der Waals surface area contributed by atoms with Gasteiger partial charge < -0.3 is 4.57 Å². The van der Waals surface area contributed by atoms with Gasteiger partial charge in [-0.1, -0.05) is 200 Å². The second-order valence-electron chi connectivity index (χ2n) is 18.3. The molecule has 2 aliphatic rings. The van der Waals surface area contributed by atoms with Crippen molar-refractivity contribution in [2.75, 3.05) is 0 Å². The number of allylic oxidation sites excluding steroid dienone is 1. The topological polar surface area (TPSA) is 43.6 Å². The van der Waals surface area contributed by atoms with E-state index in [0.717, 1.165) is 36.0 Å². The van der Waals surface area contributed by atoms with Crippen LogP contribution in [0.2, 0.25) is 0 Å². The van der Waals surface area contributed by atoms with Crippen molar-refractivity contribution in [3.05, 3.63) is 264 Å².